The summed E-state index contributed by atoms with van der Waals surface area (Å²) < 4.78 is 0. The van der Waals surface area contributed by atoms with Crippen molar-refractivity contribution in [1.29, 1.82) is 0 Å². The molecule has 0 unspecified atom stereocenters. The van der Waals surface area contributed by atoms with E-state index >= 15 is 0 Å². The van der Waals surface area contributed by atoms with Gasteiger partial charge in [0.25, 0.3) is 0 Å². The topological polar surface area (TPSA) is 80.9 Å². The van der Waals surface area contributed by atoms with Gasteiger partial charge in [0.2, 0.25) is 0 Å². The van der Waals surface area contributed by atoms with Gasteiger partial charge in [0, 0.05) is 17.0 Å². The van der Waals surface area contributed by atoms with Crippen molar-refractivity contribution < 1.29 is 20.4 Å². The van der Waals surface area contributed by atoms with E-state index in [1.807, 2.05) is 6.92 Å². The smallest absolute Gasteiger partial charge is 0.119 e. The van der Waals surface area contributed by atoms with Gasteiger partial charge in [-0.25, -0.2) is 0 Å². The summed E-state index contributed by atoms with van der Waals surface area (Å²) in [7, 11) is 0. The Morgan fingerprint density at radius 3 is 1.43 bits per heavy atom. The molecule has 0 aliphatic carbocycles. The number of hydrogen-bond acceptors (Lipinski definition) is 4. The van der Waals surface area contributed by atoms with Crippen molar-refractivity contribution in [1.82, 2.24) is 0 Å². The van der Waals surface area contributed by atoms with Crippen molar-refractivity contribution in [2.45, 2.75) is 33.1 Å². The summed E-state index contributed by atoms with van der Waals surface area (Å²) >= 11 is 0. The maximum Gasteiger partial charge on any atom is 0.119 e. The van der Waals surface area contributed by atoms with Crippen LogP contribution in [-0.4, -0.2) is 20.4 Å². The van der Waals surface area contributed by atoms with Crippen LogP contribution in [0.5, 0.6) is 23.0 Å². The van der Waals surface area contributed by atoms with Crippen LogP contribution in [0, 0.1) is 13.8 Å². The van der Waals surface area contributed by atoms with Gasteiger partial charge in [0.15, 0.2) is 0 Å². The summed E-state index contributed by atoms with van der Waals surface area (Å²) in [5.74, 6) is 0.00498. The predicted octanol–water partition coefficient (Wildman–Crippen LogP) is 3.67. The summed E-state index contributed by atoms with van der Waals surface area (Å²) in [6.07, 6.45) is 0.603. The molecule has 2 rings (SSSR count). The van der Waals surface area contributed by atoms with Crippen LogP contribution in [0.1, 0.15) is 41.5 Å². The van der Waals surface area contributed by atoms with Crippen LogP contribution in [0.4, 0.5) is 0 Å². The van der Waals surface area contributed by atoms with Gasteiger partial charge in [0.05, 0.1) is 0 Å². The number of benzene rings is 2. The van der Waals surface area contributed by atoms with Crippen LogP contribution < -0.4 is 0 Å². The number of aryl methyl sites for hydroxylation is 2. The van der Waals surface area contributed by atoms with Gasteiger partial charge in [-0.15, -0.1) is 0 Å². The van der Waals surface area contributed by atoms with Crippen LogP contribution in [-0.2, 0) is 0 Å². The quantitative estimate of drug-likeness (QED) is 0.650. The average Bonchev–Trinajstić information content (AvgIpc) is 2.42. The summed E-state index contributed by atoms with van der Waals surface area (Å²) in [4.78, 5) is 0. The van der Waals surface area contributed by atoms with Crippen LogP contribution in [0.2, 0.25) is 0 Å². The van der Waals surface area contributed by atoms with E-state index in [0.29, 0.717) is 28.7 Å². The maximum absolute atomic E-state index is 10.1. The van der Waals surface area contributed by atoms with E-state index in [1.165, 1.54) is 24.3 Å². The Bertz CT molecular complexity index is 619. The average molecular weight is 288 g/mol. The number of phenolic OH excluding ortho intramolecular Hbond substituents is 4. The normalized spacial score (nSPS) is 11.0. The van der Waals surface area contributed by atoms with E-state index in [4.69, 9.17) is 0 Å². The summed E-state index contributed by atoms with van der Waals surface area (Å²) in [5.41, 5.74) is 2.22. The molecule has 0 heterocycles. The van der Waals surface area contributed by atoms with Gasteiger partial charge < -0.3 is 20.4 Å². The van der Waals surface area contributed by atoms with Gasteiger partial charge in [-0.3, -0.25) is 0 Å². The predicted molar refractivity (Wildman–Crippen MR) is 81.2 cm³/mol. The maximum atomic E-state index is 10.1. The molecular weight excluding hydrogens is 268 g/mol. The minimum Gasteiger partial charge on any atom is -0.508 e. The molecule has 21 heavy (non-hydrogen) atoms. The van der Waals surface area contributed by atoms with Crippen LogP contribution in [0.3, 0.4) is 0 Å². The Balaban J connectivity index is 2.60. The number of aromatic hydroxyl groups is 4. The molecule has 0 fully saturated rings. The second kappa shape index (κ2) is 5.56. The minimum atomic E-state index is -0.317. The fraction of sp³-hybridized carbons (Fsp3) is 0.294. The SMILES string of the molecule is CCC(c1cc(O)c(C)cc1O)c1cc(O)c(C)cc1O. The molecule has 0 saturated heterocycles. The fourth-order valence-electron chi connectivity index (χ4n) is 2.56. The van der Waals surface area contributed by atoms with E-state index in [2.05, 4.69) is 0 Å². The van der Waals surface area contributed by atoms with Crippen molar-refractivity contribution in [3.05, 3.63) is 46.5 Å². The Morgan fingerprint density at radius 1 is 0.714 bits per heavy atom. The lowest BCUT2D eigenvalue weighted by Gasteiger charge is -2.20. The summed E-state index contributed by atoms with van der Waals surface area (Å²) in [5, 5.41) is 40.0. The molecule has 0 aromatic heterocycles. The molecule has 2 aromatic rings. The first-order chi connectivity index (χ1) is 9.85. The van der Waals surface area contributed by atoms with Gasteiger partial charge in [-0.2, -0.15) is 0 Å². The fourth-order valence-corrected chi connectivity index (χ4v) is 2.56. The van der Waals surface area contributed by atoms with Crippen LogP contribution in [0.25, 0.3) is 0 Å². The first kappa shape index (κ1) is 15.0. The molecule has 4 nitrogen and oxygen atoms in total. The molecule has 0 saturated carbocycles. The van der Waals surface area contributed by atoms with Gasteiger partial charge in [-0.1, -0.05) is 6.92 Å². The highest BCUT2D eigenvalue weighted by atomic mass is 16.3. The minimum absolute atomic E-state index is 0.0663. The number of hydrogen-bond donors (Lipinski definition) is 4. The molecule has 4 heteroatoms. The van der Waals surface area contributed by atoms with Crippen molar-refractivity contribution in [2.24, 2.45) is 0 Å². The number of phenols is 4. The monoisotopic (exact) mass is 288 g/mol. The van der Waals surface area contributed by atoms with E-state index < -0.39 is 0 Å². The van der Waals surface area contributed by atoms with E-state index in [9.17, 15) is 20.4 Å². The molecule has 0 amide bonds. The van der Waals surface area contributed by atoms with Gasteiger partial charge in [-0.05, 0) is 55.7 Å². The zero-order valence-corrected chi connectivity index (χ0v) is 12.4. The molecule has 0 spiro atoms. The molecular formula is C17H20O4. The van der Waals surface area contributed by atoms with Crippen LogP contribution >= 0.6 is 0 Å². The Kier molecular flexibility index (Phi) is 3.98. The zero-order chi connectivity index (χ0) is 15.7. The Hall–Kier alpha value is -2.36. The Morgan fingerprint density at radius 2 is 1.10 bits per heavy atom. The highest BCUT2D eigenvalue weighted by molar-refractivity contribution is 5.53. The lowest BCUT2D eigenvalue weighted by Crippen LogP contribution is -2.01. The third kappa shape index (κ3) is 2.75. The molecule has 4 N–H and O–H groups in total. The van der Waals surface area contributed by atoms with Gasteiger partial charge in [0.1, 0.15) is 23.0 Å². The number of rotatable bonds is 3. The van der Waals surface area contributed by atoms with Crippen molar-refractivity contribution in [3.63, 3.8) is 0 Å². The summed E-state index contributed by atoms with van der Waals surface area (Å²) in [6.45, 7) is 5.32. The lowest BCUT2D eigenvalue weighted by atomic mass is 9.86. The largest absolute Gasteiger partial charge is 0.508 e. The van der Waals surface area contributed by atoms with Crippen molar-refractivity contribution in [3.8, 4) is 23.0 Å². The second-order valence-corrected chi connectivity index (χ2v) is 5.36. The zero-order valence-electron chi connectivity index (χ0n) is 12.4. The molecule has 112 valence electrons. The molecule has 0 bridgehead atoms. The van der Waals surface area contributed by atoms with Crippen molar-refractivity contribution >= 4 is 0 Å². The second-order valence-electron chi connectivity index (χ2n) is 5.36. The third-order valence-corrected chi connectivity index (χ3v) is 3.85. The molecule has 2 aromatic carbocycles. The standard InChI is InChI=1S/C17H20O4/c1-4-11(12-7-14(18)9(2)5-16(12)20)13-8-15(19)10(3)6-17(13)21/h5-8,11,18-21H,4H2,1-3H3. The lowest BCUT2D eigenvalue weighted by molar-refractivity contribution is 0.437. The molecule has 0 aliphatic heterocycles. The molecule has 0 aliphatic rings. The molecule has 0 atom stereocenters. The van der Waals surface area contributed by atoms with E-state index in [1.54, 1.807) is 13.8 Å². The highest BCUT2D eigenvalue weighted by Crippen LogP contribution is 2.42. The van der Waals surface area contributed by atoms with Crippen LogP contribution in [0.15, 0.2) is 24.3 Å². The molecule has 0 radical (unpaired) electrons. The van der Waals surface area contributed by atoms with E-state index in [0.717, 1.165) is 0 Å². The highest BCUT2D eigenvalue weighted by Gasteiger charge is 2.21. The Labute approximate surface area is 123 Å². The third-order valence-electron chi connectivity index (χ3n) is 3.85. The van der Waals surface area contributed by atoms with E-state index in [-0.39, 0.29) is 28.9 Å². The van der Waals surface area contributed by atoms with Crippen molar-refractivity contribution in [2.75, 3.05) is 0 Å². The van der Waals surface area contributed by atoms with Gasteiger partial charge >= 0.3 is 0 Å². The first-order valence-corrected chi connectivity index (χ1v) is 6.90. The summed E-state index contributed by atoms with van der Waals surface area (Å²) in [6, 6.07) is 6.02. The first-order valence-electron chi connectivity index (χ1n) is 6.90.